The highest BCUT2D eigenvalue weighted by molar-refractivity contribution is 9.08. The first-order valence-corrected chi connectivity index (χ1v) is 21.9. The van der Waals surface area contributed by atoms with Gasteiger partial charge in [-0.3, -0.25) is 9.03 Å². The van der Waals surface area contributed by atoms with Crippen molar-refractivity contribution >= 4 is 47.4 Å². The Labute approximate surface area is 344 Å². The summed E-state index contributed by atoms with van der Waals surface area (Å²) in [4.78, 5) is 0. The zero-order valence-corrected chi connectivity index (χ0v) is 34.5. The molecule has 0 bridgehead atoms. The first-order chi connectivity index (χ1) is 28.1. The maximum Gasteiger partial charge on any atom is 0.314 e. The van der Waals surface area contributed by atoms with Crippen LogP contribution in [0.15, 0.2) is 106 Å². The molecule has 59 heavy (non-hydrogen) atoms. The Hall–Kier alpha value is -5.28. The molecule has 0 amide bonds. The van der Waals surface area contributed by atoms with Crippen molar-refractivity contribution in [2.24, 2.45) is 0 Å². The number of anilines is 2. The largest absolute Gasteiger partial charge is 0.415 e. The Morgan fingerprint density at radius 2 is 1.14 bits per heavy atom. The average Bonchev–Trinajstić information content (AvgIpc) is 3.91. The average molecular weight is 932 g/mol. The molecule has 2 heterocycles. The summed E-state index contributed by atoms with van der Waals surface area (Å²) in [6.45, 7) is 3.36. The minimum Gasteiger partial charge on any atom is -0.415 e. The summed E-state index contributed by atoms with van der Waals surface area (Å²) < 4.78 is 139. The first-order valence-electron chi connectivity index (χ1n) is 17.5. The fraction of sp³-hybridized carbons (Fsp3) is 0.263. The Morgan fingerprint density at radius 3 is 1.56 bits per heavy atom. The highest BCUT2D eigenvalue weighted by Crippen LogP contribution is 2.28. The number of para-hydroxylation sites is 2. The Kier molecular flexibility index (Phi) is 17.0. The molecule has 0 saturated carbocycles. The molecule has 6 rings (SSSR count). The maximum absolute atomic E-state index is 14.7. The topological polar surface area (TPSA) is 161 Å². The summed E-state index contributed by atoms with van der Waals surface area (Å²) in [6.07, 6.45) is -4.72. The van der Waals surface area contributed by atoms with E-state index in [2.05, 4.69) is 41.0 Å². The van der Waals surface area contributed by atoms with Gasteiger partial charge in [-0.1, -0.05) is 78.3 Å². The van der Waals surface area contributed by atoms with E-state index >= 15 is 0 Å². The van der Waals surface area contributed by atoms with Crippen LogP contribution in [0, 0.1) is 11.6 Å². The zero-order valence-electron chi connectivity index (χ0n) is 31.3. The van der Waals surface area contributed by atoms with Crippen LogP contribution in [0.5, 0.6) is 0 Å². The summed E-state index contributed by atoms with van der Waals surface area (Å²) >= 11 is 3.12. The highest BCUT2D eigenvalue weighted by atomic mass is 79.9. The molecule has 12 nitrogen and oxygen atoms in total. The van der Waals surface area contributed by atoms with Crippen LogP contribution in [0.1, 0.15) is 62.4 Å². The van der Waals surface area contributed by atoms with E-state index in [-0.39, 0.29) is 46.5 Å². The highest BCUT2D eigenvalue weighted by Gasteiger charge is 2.24. The predicted octanol–water partition coefficient (Wildman–Crippen LogP) is 10.1. The minimum atomic E-state index is -3.67. The third-order valence-electron chi connectivity index (χ3n) is 7.67. The van der Waals surface area contributed by atoms with Crippen LogP contribution in [0.4, 0.5) is 37.7 Å². The second-order valence-corrected chi connectivity index (χ2v) is 16.6. The number of rotatable bonds is 15. The number of benzene rings is 4. The monoisotopic (exact) mass is 930 g/mol. The van der Waals surface area contributed by atoms with Crippen LogP contribution in [0.3, 0.4) is 0 Å². The van der Waals surface area contributed by atoms with E-state index in [1.807, 2.05) is 13.0 Å². The number of aromatic nitrogens is 4. The lowest BCUT2D eigenvalue weighted by atomic mass is 10.1. The molecule has 4 aromatic carbocycles. The van der Waals surface area contributed by atoms with Gasteiger partial charge in [0.1, 0.15) is 11.6 Å². The molecule has 6 aromatic rings. The van der Waals surface area contributed by atoms with Gasteiger partial charge in [-0.15, -0.1) is 20.4 Å². The van der Waals surface area contributed by atoms with E-state index in [0.29, 0.717) is 35.1 Å². The predicted molar refractivity (Wildman–Crippen MR) is 213 cm³/mol. The van der Waals surface area contributed by atoms with Gasteiger partial charge in [-0.05, 0) is 66.9 Å². The minimum absolute atomic E-state index is 0.0833. The summed E-state index contributed by atoms with van der Waals surface area (Å²) in [5, 5.41) is 13.7. The number of halogens is 7. The Bertz CT molecular complexity index is 2460. The molecule has 0 atom stereocenters. The molecular formula is C38H37BrF6N6O6S2. The smallest absolute Gasteiger partial charge is 0.314 e. The molecular weight excluding hydrogens is 894 g/mol. The van der Waals surface area contributed by atoms with Crippen molar-refractivity contribution in [3.8, 4) is 22.9 Å². The molecule has 0 fully saturated rings. The van der Waals surface area contributed by atoms with Gasteiger partial charge in [0.05, 0.1) is 23.7 Å². The number of sulfonamides is 2. The van der Waals surface area contributed by atoms with Gasteiger partial charge in [0, 0.05) is 27.7 Å². The van der Waals surface area contributed by atoms with Crippen molar-refractivity contribution in [1.82, 2.24) is 20.4 Å². The third-order valence-corrected chi connectivity index (χ3v) is 11.7. The molecule has 0 radical (unpaired) electrons. The molecule has 316 valence electrons. The quantitative estimate of drug-likeness (QED) is 0.0775. The van der Waals surface area contributed by atoms with Crippen molar-refractivity contribution < 1.29 is 52.0 Å². The number of hydrogen-bond acceptors (Lipinski definition) is 10. The van der Waals surface area contributed by atoms with Gasteiger partial charge in [0.25, 0.3) is 11.8 Å². The van der Waals surface area contributed by atoms with E-state index in [4.69, 9.17) is 8.83 Å². The van der Waals surface area contributed by atoms with Crippen LogP contribution >= 0.6 is 15.9 Å². The molecule has 1 N–H and O–H groups in total. The molecule has 0 aliphatic carbocycles. The molecule has 21 heteroatoms. The lowest BCUT2D eigenvalue weighted by molar-refractivity contribution is 0.115. The lowest BCUT2D eigenvalue weighted by Gasteiger charge is -2.24. The van der Waals surface area contributed by atoms with Crippen LogP contribution in [-0.4, -0.2) is 48.7 Å². The third kappa shape index (κ3) is 13.6. The standard InChI is InChI=1S/C19H18F3N3O3S.C10H6BrF3N2O.C9H13NO2S/c1-2-10-29(26,27)25(15-6-4-3-5-7-15)12-14-9-8-13(11-16(14)20)18-23-24-19(28-18)17(21)22;11-4-6-2-1-5(3-7(6)12)9-15-16-10(17-9)8(13)14;1-2-8-13(11,12)10-9-6-4-3-5-7-9/h3-9,11,17H,2,10,12H2,1H3;1-3,8H,4H2;3-7,10H,2,8H2,1H3. The number of nitrogens with zero attached hydrogens (tertiary/aromatic N) is 5. The number of alkyl halides is 5. The van der Waals surface area contributed by atoms with Crippen LogP contribution in [-0.2, 0) is 31.9 Å². The Morgan fingerprint density at radius 1 is 0.661 bits per heavy atom. The number of nitrogens with one attached hydrogen (secondary N) is 1. The van der Waals surface area contributed by atoms with Crippen LogP contribution < -0.4 is 9.03 Å². The van der Waals surface area contributed by atoms with Crippen molar-refractivity contribution in [3.05, 3.63) is 132 Å². The second kappa shape index (κ2) is 21.6. The fourth-order valence-corrected chi connectivity index (χ4v) is 8.05. The molecule has 0 spiro atoms. The van der Waals surface area contributed by atoms with Gasteiger partial charge in [0.2, 0.25) is 31.8 Å². The molecule has 0 aliphatic heterocycles. The normalized spacial score (nSPS) is 11.4. The summed E-state index contributed by atoms with van der Waals surface area (Å²) in [6, 6.07) is 25.3. The van der Waals surface area contributed by atoms with Gasteiger partial charge in [0.15, 0.2) is 0 Å². The van der Waals surface area contributed by atoms with Gasteiger partial charge < -0.3 is 8.83 Å². The molecule has 0 aliphatic rings. The lowest BCUT2D eigenvalue weighted by Crippen LogP contribution is -2.32. The van der Waals surface area contributed by atoms with Crippen molar-refractivity contribution in [3.63, 3.8) is 0 Å². The van der Waals surface area contributed by atoms with E-state index in [1.165, 1.54) is 30.3 Å². The molecule has 0 saturated heterocycles. The summed E-state index contributed by atoms with van der Waals surface area (Å²) in [5.74, 6) is -3.09. The molecule has 2 aromatic heterocycles. The Balaban J connectivity index is 0.000000216. The van der Waals surface area contributed by atoms with E-state index in [0.717, 1.165) is 10.4 Å². The van der Waals surface area contributed by atoms with E-state index < -0.39 is 56.3 Å². The SMILES string of the molecule is CCCS(=O)(=O)N(Cc1ccc(-c2nnc(C(F)F)o2)cc1F)c1ccccc1.CCCS(=O)(=O)Nc1ccccc1.Fc1cc(-c2nnc(C(F)F)o2)ccc1CBr. The van der Waals surface area contributed by atoms with Crippen molar-refractivity contribution in [1.29, 1.82) is 0 Å². The summed E-state index contributed by atoms with van der Waals surface area (Å²) in [5.41, 5.74) is 2.01. The second-order valence-electron chi connectivity index (χ2n) is 12.2. The zero-order chi connectivity index (χ0) is 43.2. The number of hydrogen-bond donors (Lipinski definition) is 1. The van der Waals surface area contributed by atoms with E-state index in [9.17, 15) is 43.2 Å². The maximum atomic E-state index is 14.7. The van der Waals surface area contributed by atoms with E-state index in [1.54, 1.807) is 61.5 Å². The van der Waals surface area contributed by atoms with Gasteiger partial charge in [-0.25, -0.2) is 25.6 Å². The summed E-state index contributed by atoms with van der Waals surface area (Å²) in [7, 11) is -6.80. The molecule has 0 unspecified atom stereocenters. The van der Waals surface area contributed by atoms with Crippen LogP contribution in [0.2, 0.25) is 0 Å². The van der Waals surface area contributed by atoms with Crippen molar-refractivity contribution in [2.75, 3.05) is 20.5 Å². The van der Waals surface area contributed by atoms with Crippen molar-refractivity contribution in [2.45, 2.75) is 51.4 Å². The van der Waals surface area contributed by atoms with Gasteiger partial charge >= 0.3 is 12.9 Å². The van der Waals surface area contributed by atoms with Crippen LogP contribution in [0.25, 0.3) is 22.9 Å². The van der Waals surface area contributed by atoms with Gasteiger partial charge in [-0.2, -0.15) is 17.6 Å². The fourth-order valence-electron chi connectivity index (χ4n) is 4.95. The first kappa shape index (κ1) is 46.4.